The van der Waals surface area contributed by atoms with Crippen molar-refractivity contribution < 1.29 is 33.8 Å². The average Bonchev–Trinajstić information content (AvgIpc) is 3.76. The van der Waals surface area contributed by atoms with E-state index in [1.807, 2.05) is 31.2 Å². The minimum Gasteiger partial charge on any atom is -0.507 e. The molecule has 256 valence electrons. The van der Waals surface area contributed by atoms with Crippen molar-refractivity contribution in [1.29, 1.82) is 0 Å². The quantitative estimate of drug-likeness (QED) is 0.194. The minimum atomic E-state index is -1.36. The van der Waals surface area contributed by atoms with Gasteiger partial charge >= 0.3 is 6.09 Å². The van der Waals surface area contributed by atoms with Gasteiger partial charge in [-0.2, -0.15) is 10.00 Å². The number of carbonyl (C=O) groups is 5. The summed E-state index contributed by atoms with van der Waals surface area (Å²) < 4.78 is 7.32. The minimum absolute atomic E-state index is 0.00646. The average molecular weight is 713 g/mol. The number of rotatable bonds is 3. The number of amides is 5. The van der Waals surface area contributed by atoms with Crippen LogP contribution in [0, 0.1) is 42.9 Å². The summed E-state index contributed by atoms with van der Waals surface area (Å²) in [6.45, 7) is 5.50. The molecular weight excluding hydrogens is 680 g/mol. The molecule has 50 heavy (non-hydrogen) atoms. The summed E-state index contributed by atoms with van der Waals surface area (Å²) in [6.07, 6.45) is 1.08. The largest absolute Gasteiger partial charge is 0.507 e. The molecule has 3 fully saturated rings. The van der Waals surface area contributed by atoms with Crippen molar-refractivity contribution in [2.24, 2.45) is 36.1 Å². The number of halogens is 1. The first-order chi connectivity index (χ1) is 23.8. The Kier molecular flexibility index (Phi) is 7.19. The molecule has 0 bridgehead atoms. The Bertz CT molecular complexity index is 2260. The number of allylic oxidation sites excluding steroid dienone is 2. The second-order valence-corrected chi connectivity index (χ2v) is 15.4. The van der Waals surface area contributed by atoms with Gasteiger partial charge in [0.1, 0.15) is 17.3 Å². The molecule has 0 spiro atoms. The van der Waals surface area contributed by atoms with Gasteiger partial charge in [-0.25, -0.2) is 9.69 Å². The molecule has 5 amide bonds. The van der Waals surface area contributed by atoms with Crippen molar-refractivity contribution in [3.63, 3.8) is 0 Å². The number of hydrogen-bond acceptors (Lipinski definition) is 9. The summed E-state index contributed by atoms with van der Waals surface area (Å²) in [5.41, 5.74) is 1.97. The SMILES string of the molecule is COC(=O)N1C(=O)[C@H]2[C@H](CC=C3[C@H]2C[C@H]2C(=O)N(c4cc(-c5sc6ccc(Cl)cc6c5C)nn4C)C(=O)[C@@]2(C)[C@H]3c2cccc(C)c2O)C1=O. The van der Waals surface area contributed by atoms with Crippen LogP contribution in [-0.2, 0) is 31.0 Å². The smallest absolute Gasteiger partial charge is 0.423 e. The number of phenolic OH excluding ortho intramolecular Hbond substituents is 1. The molecule has 13 heteroatoms. The number of para-hydroxylation sites is 1. The number of aryl methyl sites for hydroxylation is 3. The number of methoxy groups -OCH3 is 1. The highest BCUT2D eigenvalue weighted by atomic mass is 35.5. The predicted octanol–water partition coefficient (Wildman–Crippen LogP) is 6.27. The van der Waals surface area contributed by atoms with Crippen LogP contribution < -0.4 is 4.90 Å². The Balaban J connectivity index is 1.26. The number of thiophene rings is 1. The predicted molar refractivity (Wildman–Crippen MR) is 185 cm³/mol. The molecule has 4 aromatic rings. The van der Waals surface area contributed by atoms with Gasteiger partial charge in [0.15, 0.2) is 0 Å². The van der Waals surface area contributed by atoms with Gasteiger partial charge in [0.2, 0.25) is 23.6 Å². The lowest BCUT2D eigenvalue weighted by molar-refractivity contribution is -0.138. The van der Waals surface area contributed by atoms with Gasteiger partial charge in [0.25, 0.3) is 0 Å². The van der Waals surface area contributed by atoms with Gasteiger partial charge in [-0.3, -0.25) is 23.9 Å². The Morgan fingerprint density at radius 2 is 1.82 bits per heavy atom. The molecule has 2 aliphatic heterocycles. The molecule has 4 aliphatic rings. The molecule has 2 aliphatic carbocycles. The summed E-state index contributed by atoms with van der Waals surface area (Å²) in [7, 11) is 2.79. The highest BCUT2D eigenvalue weighted by Crippen LogP contribution is 2.64. The molecule has 4 heterocycles. The van der Waals surface area contributed by atoms with Crippen molar-refractivity contribution in [3.05, 3.63) is 75.8 Å². The monoisotopic (exact) mass is 712 g/mol. The third-order valence-corrected chi connectivity index (χ3v) is 13.0. The molecule has 2 aromatic carbocycles. The van der Waals surface area contributed by atoms with E-state index in [-0.39, 0.29) is 18.6 Å². The molecule has 2 saturated heterocycles. The van der Waals surface area contributed by atoms with Crippen LogP contribution in [-0.4, -0.2) is 56.6 Å². The number of benzene rings is 2. The number of carbonyl (C=O) groups excluding carboxylic acids is 5. The lowest BCUT2D eigenvalue weighted by Crippen LogP contribution is -2.49. The van der Waals surface area contributed by atoms with E-state index in [1.165, 1.54) is 9.58 Å². The first-order valence-corrected chi connectivity index (χ1v) is 17.5. The van der Waals surface area contributed by atoms with Gasteiger partial charge in [-0.1, -0.05) is 41.4 Å². The molecule has 1 saturated carbocycles. The van der Waals surface area contributed by atoms with Gasteiger partial charge in [-0.05, 0) is 74.2 Å². The highest BCUT2D eigenvalue weighted by Gasteiger charge is 2.68. The third kappa shape index (κ3) is 4.21. The van der Waals surface area contributed by atoms with Gasteiger partial charge < -0.3 is 9.84 Å². The van der Waals surface area contributed by atoms with E-state index in [9.17, 15) is 29.1 Å². The summed E-state index contributed by atoms with van der Waals surface area (Å²) in [5.74, 6) is -6.02. The maximum absolute atomic E-state index is 14.9. The van der Waals surface area contributed by atoms with E-state index >= 15 is 0 Å². The molecule has 11 nitrogen and oxygen atoms in total. The zero-order chi connectivity index (χ0) is 35.5. The molecule has 0 radical (unpaired) electrons. The van der Waals surface area contributed by atoms with Gasteiger partial charge in [0, 0.05) is 34.3 Å². The van der Waals surface area contributed by atoms with E-state index < -0.39 is 64.7 Å². The fourth-order valence-corrected chi connectivity index (χ4v) is 10.3. The van der Waals surface area contributed by atoms with Crippen LogP contribution in [0.5, 0.6) is 5.75 Å². The first-order valence-electron chi connectivity index (χ1n) is 16.3. The molecule has 0 unspecified atom stereocenters. The third-order valence-electron chi connectivity index (χ3n) is 11.4. The number of aromatic nitrogens is 2. The standard InChI is InChI=1S/C37H33ClN4O7S/c1-16-7-6-8-21(30(16)43)29-19-10-11-20-28(34(46)42(32(20)44)36(48)49-5)23(19)14-24-33(45)41(35(47)37(24,29)3)27-15-25(39-40(27)4)31-17(2)22-13-18(38)9-12-26(22)50-31/h6-10,12-13,15,20,23-24,28-29,43H,11,14H2,1-5H3/t20-,23+,24-,28-,29+,37+/m0/s1. The van der Waals surface area contributed by atoms with E-state index in [0.29, 0.717) is 38.1 Å². The van der Waals surface area contributed by atoms with E-state index in [2.05, 4.69) is 0 Å². The van der Waals surface area contributed by atoms with Gasteiger partial charge in [-0.15, -0.1) is 11.3 Å². The van der Waals surface area contributed by atoms with Gasteiger partial charge in [0.05, 0.1) is 35.2 Å². The van der Waals surface area contributed by atoms with Crippen molar-refractivity contribution in [3.8, 4) is 16.3 Å². The van der Waals surface area contributed by atoms with Crippen LogP contribution in [0.15, 0.2) is 54.1 Å². The molecule has 2 aromatic heterocycles. The summed E-state index contributed by atoms with van der Waals surface area (Å²) in [4.78, 5) is 72.0. The zero-order valence-corrected chi connectivity index (χ0v) is 29.5. The Morgan fingerprint density at radius 3 is 2.56 bits per heavy atom. The van der Waals surface area contributed by atoms with Crippen molar-refractivity contribution in [2.75, 3.05) is 12.0 Å². The second-order valence-electron chi connectivity index (χ2n) is 13.9. The number of anilines is 1. The fraction of sp³-hybridized carbons (Fsp3) is 0.351. The van der Waals surface area contributed by atoms with Crippen LogP contribution in [0.3, 0.4) is 0 Å². The summed E-state index contributed by atoms with van der Waals surface area (Å²) in [6, 6.07) is 12.7. The Hall–Kier alpha value is -4.81. The number of likely N-dealkylation sites (tertiary alicyclic amines) is 1. The fourth-order valence-electron chi connectivity index (χ4n) is 8.98. The van der Waals surface area contributed by atoms with E-state index in [0.717, 1.165) is 27.6 Å². The number of imide groups is 4. The number of phenols is 1. The van der Waals surface area contributed by atoms with Crippen LogP contribution >= 0.6 is 22.9 Å². The van der Waals surface area contributed by atoms with Crippen molar-refractivity contribution in [2.45, 2.75) is 39.5 Å². The summed E-state index contributed by atoms with van der Waals surface area (Å²) >= 11 is 7.83. The highest BCUT2D eigenvalue weighted by molar-refractivity contribution is 7.22. The van der Waals surface area contributed by atoms with E-state index in [4.69, 9.17) is 21.4 Å². The number of aromatic hydroxyl groups is 1. The number of hydrogen-bond donors (Lipinski definition) is 1. The van der Waals surface area contributed by atoms with Crippen LogP contribution in [0.1, 0.15) is 42.4 Å². The number of fused-ring (bicyclic) bond motifs is 5. The van der Waals surface area contributed by atoms with Crippen molar-refractivity contribution >= 4 is 68.6 Å². The molecule has 6 atom stereocenters. The Morgan fingerprint density at radius 1 is 1.06 bits per heavy atom. The number of nitrogens with zero attached hydrogens (tertiary/aromatic N) is 4. The molecular formula is C37H33ClN4O7S. The first kappa shape index (κ1) is 32.4. The van der Waals surface area contributed by atoms with Crippen molar-refractivity contribution in [1.82, 2.24) is 14.7 Å². The van der Waals surface area contributed by atoms with E-state index in [1.54, 1.807) is 56.5 Å². The van der Waals surface area contributed by atoms with Crippen LogP contribution in [0.4, 0.5) is 10.6 Å². The molecule has 8 rings (SSSR count). The molecule has 1 N–H and O–H groups in total. The lowest BCUT2D eigenvalue weighted by Gasteiger charge is -2.49. The normalized spacial score (nSPS) is 27.5. The maximum Gasteiger partial charge on any atom is 0.423 e. The second kappa shape index (κ2) is 11.1. The topological polar surface area (TPSA) is 139 Å². The zero-order valence-electron chi connectivity index (χ0n) is 27.9. The van der Waals surface area contributed by atoms with Crippen LogP contribution in [0.2, 0.25) is 5.02 Å². The number of ether oxygens (including phenoxy) is 1. The summed E-state index contributed by atoms with van der Waals surface area (Å²) in [5, 5.41) is 17.8. The maximum atomic E-state index is 14.9. The van der Waals surface area contributed by atoms with Crippen LogP contribution in [0.25, 0.3) is 20.7 Å². The lowest BCUT2D eigenvalue weighted by atomic mass is 9.51. The Labute approximate surface area is 296 Å².